The van der Waals surface area contributed by atoms with Gasteiger partial charge in [0, 0.05) is 5.92 Å². The van der Waals surface area contributed by atoms with Gasteiger partial charge in [0.25, 0.3) is 0 Å². The van der Waals surface area contributed by atoms with Crippen molar-refractivity contribution < 1.29 is 9.53 Å². The standard InChI is InChI=1S/C9H14O2/c1-6(2)4-8-5-9(10)11-7(8)3/h4,7-8H,5H2,1-3H3/t7-,8+/m1/s1. The second-order valence-electron chi connectivity index (χ2n) is 3.31. The van der Waals surface area contributed by atoms with Crippen molar-refractivity contribution in [2.45, 2.75) is 33.3 Å². The molecule has 0 radical (unpaired) electrons. The third-order valence-electron chi connectivity index (χ3n) is 1.87. The first-order valence-electron chi connectivity index (χ1n) is 3.94. The molecule has 2 nitrogen and oxygen atoms in total. The average molecular weight is 154 g/mol. The summed E-state index contributed by atoms with van der Waals surface area (Å²) in [6, 6.07) is 0. The number of carbonyl (C=O) groups is 1. The van der Waals surface area contributed by atoms with Crippen molar-refractivity contribution in [2.75, 3.05) is 0 Å². The molecule has 0 amide bonds. The maximum Gasteiger partial charge on any atom is 0.306 e. The van der Waals surface area contributed by atoms with Gasteiger partial charge in [-0.3, -0.25) is 4.79 Å². The molecule has 1 heterocycles. The molecule has 2 atom stereocenters. The maximum absolute atomic E-state index is 10.8. The average Bonchev–Trinajstić information content (AvgIpc) is 2.09. The minimum absolute atomic E-state index is 0.0670. The van der Waals surface area contributed by atoms with Gasteiger partial charge in [0.15, 0.2) is 0 Å². The zero-order valence-corrected chi connectivity index (χ0v) is 7.26. The van der Waals surface area contributed by atoms with E-state index in [0.29, 0.717) is 12.3 Å². The van der Waals surface area contributed by atoms with Crippen molar-refractivity contribution in [1.29, 1.82) is 0 Å². The molecule has 0 N–H and O–H groups in total. The van der Waals surface area contributed by atoms with Crippen molar-refractivity contribution in [3.63, 3.8) is 0 Å². The monoisotopic (exact) mass is 154 g/mol. The van der Waals surface area contributed by atoms with Crippen LogP contribution in [0.5, 0.6) is 0 Å². The molecule has 1 saturated heterocycles. The van der Waals surface area contributed by atoms with Crippen LogP contribution < -0.4 is 0 Å². The molecule has 0 aromatic rings. The normalized spacial score (nSPS) is 29.9. The first kappa shape index (κ1) is 8.31. The molecule has 1 rings (SSSR count). The predicted octanol–water partition coefficient (Wildman–Crippen LogP) is 1.90. The van der Waals surface area contributed by atoms with Gasteiger partial charge in [0.05, 0.1) is 6.42 Å². The van der Waals surface area contributed by atoms with Crippen molar-refractivity contribution >= 4 is 5.97 Å². The number of cyclic esters (lactones) is 1. The van der Waals surface area contributed by atoms with Crippen molar-refractivity contribution in [3.05, 3.63) is 11.6 Å². The minimum atomic E-state index is -0.0694. The summed E-state index contributed by atoms with van der Waals surface area (Å²) in [6.45, 7) is 6.01. The van der Waals surface area contributed by atoms with E-state index in [-0.39, 0.29) is 12.1 Å². The Morgan fingerprint density at radius 2 is 2.27 bits per heavy atom. The van der Waals surface area contributed by atoms with Gasteiger partial charge in [-0.15, -0.1) is 0 Å². The van der Waals surface area contributed by atoms with E-state index in [2.05, 4.69) is 6.08 Å². The van der Waals surface area contributed by atoms with Gasteiger partial charge in [0.1, 0.15) is 6.10 Å². The molecule has 0 aromatic carbocycles. The van der Waals surface area contributed by atoms with Gasteiger partial charge in [0.2, 0.25) is 0 Å². The molecular weight excluding hydrogens is 140 g/mol. The summed E-state index contributed by atoms with van der Waals surface area (Å²) in [6.07, 6.45) is 2.72. The lowest BCUT2D eigenvalue weighted by Crippen LogP contribution is -2.08. The van der Waals surface area contributed by atoms with Crippen LogP contribution >= 0.6 is 0 Å². The molecule has 1 aliphatic heterocycles. The van der Waals surface area contributed by atoms with Gasteiger partial charge in [-0.2, -0.15) is 0 Å². The highest BCUT2D eigenvalue weighted by molar-refractivity contribution is 5.72. The largest absolute Gasteiger partial charge is 0.462 e. The molecule has 0 unspecified atom stereocenters. The Bertz CT molecular complexity index is 190. The molecule has 0 aliphatic carbocycles. The van der Waals surface area contributed by atoms with Crippen molar-refractivity contribution in [2.24, 2.45) is 5.92 Å². The van der Waals surface area contributed by atoms with Crippen LogP contribution in [0.25, 0.3) is 0 Å². The lowest BCUT2D eigenvalue weighted by molar-refractivity contribution is -0.140. The number of rotatable bonds is 1. The van der Waals surface area contributed by atoms with E-state index < -0.39 is 0 Å². The predicted molar refractivity (Wildman–Crippen MR) is 43.1 cm³/mol. The number of carbonyl (C=O) groups excluding carboxylic acids is 1. The molecule has 0 bridgehead atoms. The third-order valence-corrected chi connectivity index (χ3v) is 1.87. The molecule has 0 saturated carbocycles. The van der Waals surface area contributed by atoms with Gasteiger partial charge in [-0.05, 0) is 20.8 Å². The summed E-state index contributed by atoms with van der Waals surface area (Å²) >= 11 is 0. The van der Waals surface area contributed by atoms with Crippen LogP contribution in [-0.4, -0.2) is 12.1 Å². The maximum atomic E-state index is 10.8. The van der Waals surface area contributed by atoms with E-state index in [1.165, 1.54) is 5.57 Å². The molecule has 2 heteroatoms. The Morgan fingerprint density at radius 1 is 1.64 bits per heavy atom. The fourth-order valence-electron chi connectivity index (χ4n) is 1.32. The van der Waals surface area contributed by atoms with E-state index in [1.807, 2.05) is 20.8 Å². The van der Waals surface area contributed by atoms with Crippen LogP contribution in [0.15, 0.2) is 11.6 Å². The summed E-state index contributed by atoms with van der Waals surface area (Å²) < 4.78 is 4.99. The fourth-order valence-corrected chi connectivity index (χ4v) is 1.32. The number of allylic oxidation sites excluding steroid dienone is 1. The summed E-state index contributed by atoms with van der Waals surface area (Å²) in [4.78, 5) is 10.8. The summed E-state index contributed by atoms with van der Waals surface area (Å²) in [7, 11) is 0. The second-order valence-corrected chi connectivity index (χ2v) is 3.31. The Morgan fingerprint density at radius 3 is 2.64 bits per heavy atom. The second kappa shape index (κ2) is 3.07. The summed E-state index contributed by atoms with van der Waals surface area (Å²) in [5, 5.41) is 0. The molecule has 11 heavy (non-hydrogen) atoms. The molecule has 1 aliphatic rings. The third kappa shape index (κ3) is 2.07. The topological polar surface area (TPSA) is 26.3 Å². The highest BCUT2D eigenvalue weighted by Gasteiger charge is 2.29. The van der Waals surface area contributed by atoms with Crippen molar-refractivity contribution in [1.82, 2.24) is 0 Å². The van der Waals surface area contributed by atoms with Crippen LogP contribution in [0.3, 0.4) is 0 Å². The SMILES string of the molecule is CC(C)=C[C@H]1CC(=O)O[C@@H]1C. The van der Waals surface area contributed by atoms with E-state index >= 15 is 0 Å². The van der Waals surface area contributed by atoms with Crippen molar-refractivity contribution in [3.8, 4) is 0 Å². The summed E-state index contributed by atoms with van der Waals surface area (Å²) in [5.74, 6) is 0.229. The lowest BCUT2D eigenvalue weighted by Gasteiger charge is -2.07. The van der Waals surface area contributed by atoms with Gasteiger partial charge < -0.3 is 4.74 Å². The first-order valence-corrected chi connectivity index (χ1v) is 3.94. The highest BCUT2D eigenvalue weighted by atomic mass is 16.5. The minimum Gasteiger partial charge on any atom is -0.462 e. The van der Waals surface area contributed by atoms with E-state index in [0.717, 1.165) is 0 Å². The number of ether oxygens (including phenoxy) is 1. The van der Waals surface area contributed by atoms with E-state index in [4.69, 9.17) is 4.74 Å². The van der Waals surface area contributed by atoms with Crippen LogP contribution in [-0.2, 0) is 9.53 Å². The van der Waals surface area contributed by atoms with Crippen LogP contribution in [0.4, 0.5) is 0 Å². The van der Waals surface area contributed by atoms with Gasteiger partial charge >= 0.3 is 5.97 Å². The van der Waals surface area contributed by atoms with Crippen LogP contribution in [0.2, 0.25) is 0 Å². The molecule has 0 spiro atoms. The first-order chi connectivity index (χ1) is 5.09. The van der Waals surface area contributed by atoms with Gasteiger partial charge in [-0.25, -0.2) is 0 Å². The summed E-state index contributed by atoms with van der Waals surface area (Å²) in [5.41, 5.74) is 1.25. The molecule has 0 aromatic heterocycles. The smallest absolute Gasteiger partial charge is 0.306 e. The zero-order chi connectivity index (χ0) is 8.43. The zero-order valence-electron chi connectivity index (χ0n) is 7.26. The number of hydrogen-bond donors (Lipinski definition) is 0. The van der Waals surface area contributed by atoms with Gasteiger partial charge in [-0.1, -0.05) is 11.6 Å². The Hall–Kier alpha value is -0.790. The quantitative estimate of drug-likeness (QED) is 0.426. The van der Waals surface area contributed by atoms with E-state index in [1.54, 1.807) is 0 Å². The Labute approximate surface area is 67.2 Å². The fraction of sp³-hybridized carbons (Fsp3) is 0.667. The molecular formula is C9H14O2. The molecule has 1 fully saturated rings. The van der Waals surface area contributed by atoms with E-state index in [9.17, 15) is 4.79 Å². The number of esters is 1. The highest BCUT2D eigenvalue weighted by Crippen LogP contribution is 2.23. The Kier molecular flexibility index (Phi) is 2.32. The van der Waals surface area contributed by atoms with Crippen LogP contribution in [0, 0.1) is 5.92 Å². The molecule has 62 valence electrons. The number of hydrogen-bond acceptors (Lipinski definition) is 2. The Balaban J connectivity index is 2.60. The van der Waals surface area contributed by atoms with Crippen LogP contribution in [0.1, 0.15) is 27.2 Å². The lowest BCUT2D eigenvalue weighted by atomic mass is 10.0.